The molecule has 3 rings (SSSR count). The average molecular weight is 281 g/mol. The van der Waals surface area contributed by atoms with Gasteiger partial charge in [0.25, 0.3) is 0 Å². The molecule has 0 spiro atoms. The van der Waals surface area contributed by atoms with Crippen LogP contribution in [0.2, 0.25) is 0 Å². The zero-order chi connectivity index (χ0) is 11.8. The molecule has 0 heterocycles. The quantitative estimate of drug-likeness (QED) is 0.543. The van der Waals surface area contributed by atoms with Gasteiger partial charge in [-0.1, -0.05) is 12.8 Å². The minimum atomic E-state index is 0. The minimum Gasteiger partial charge on any atom is -0.294 e. The molecule has 3 fully saturated rings. The van der Waals surface area contributed by atoms with Crippen LogP contribution in [0.3, 0.4) is 0 Å². The number of rotatable bonds is 2. The molecule has 0 aromatic carbocycles. The number of nitrogens with zero attached hydrogens (tertiary/aromatic N) is 1. The van der Waals surface area contributed by atoms with Crippen LogP contribution in [0, 0.1) is 63.7 Å². The fraction of sp³-hybridized carbons (Fsp3) is 0.312. The van der Waals surface area contributed by atoms with Gasteiger partial charge in [-0.25, -0.2) is 0 Å². The van der Waals surface area contributed by atoms with Gasteiger partial charge >= 0.3 is 17.1 Å². The molecular weight excluding hydrogens is 262 g/mol. The Bertz CT molecular complexity index is 186. The Balaban J connectivity index is 0.000000230. The van der Waals surface area contributed by atoms with Crippen molar-refractivity contribution >= 4 is 6.21 Å². The second-order valence-corrected chi connectivity index (χ2v) is 4.40. The van der Waals surface area contributed by atoms with Gasteiger partial charge in [-0.15, -0.1) is 0 Å². The fourth-order valence-corrected chi connectivity index (χ4v) is 2.04. The molecule has 0 atom stereocenters. The van der Waals surface area contributed by atoms with Crippen molar-refractivity contribution in [2.75, 3.05) is 0 Å². The van der Waals surface area contributed by atoms with Crippen molar-refractivity contribution in [2.45, 2.75) is 31.7 Å². The van der Waals surface area contributed by atoms with E-state index in [9.17, 15) is 0 Å². The van der Waals surface area contributed by atoms with E-state index < -0.39 is 0 Å². The maximum absolute atomic E-state index is 4.54. The molecule has 0 unspecified atom stereocenters. The van der Waals surface area contributed by atoms with Gasteiger partial charge < -0.3 is 0 Å². The van der Waals surface area contributed by atoms with Gasteiger partial charge in [0.2, 0.25) is 0 Å². The average Bonchev–Trinajstić information content (AvgIpc) is 3.12. The summed E-state index contributed by atoms with van der Waals surface area (Å²) >= 11 is 0. The molecule has 1 nitrogen and oxygen atoms in total. The number of hydrogen-bond acceptors (Lipinski definition) is 1. The minimum absolute atomic E-state index is 0. The summed E-state index contributed by atoms with van der Waals surface area (Å²) in [6.07, 6.45) is 25.6. The number of aliphatic imine (C=N–C) groups is 1. The zero-order valence-corrected chi connectivity index (χ0v) is 11.6. The third kappa shape index (κ3) is 6.38. The van der Waals surface area contributed by atoms with Crippen LogP contribution in [0.1, 0.15) is 25.7 Å². The fourth-order valence-electron chi connectivity index (χ4n) is 2.04. The molecule has 0 bridgehead atoms. The molecule has 10 radical (unpaired) electrons. The summed E-state index contributed by atoms with van der Waals surface area (Å²) in [5, 5.41) is 0. The monoisotopic (exact) mass is 281 g/mol. The summed E-state index contributed by atoms with van der Waals surface area (Å²) in [7, 11) is 0. The SMILES string of the molecule is [CH]1[CH][CH][CH][CH]1.[CH]1[CH][CH][C](C=NC2CCCC2)[CH]1.[Fe+2]. The Labute approximate surface area is 124 Å². The van der Waals surface area contributed by atoms with Gasteiger partial charge in [0.05, 0.1) is 0 Å². The normalized spacial score (nSPS) is 25.1. The topological polar surface area (TPSA) is 12.4 Å². The Morgan fingerprint density at radius 3 is 1.83 bits per heavy atom. The van der Waals surface area contributed by atoms with Crippen LogP contribution < -0.4 is 0 Å². The first-order valence-corrected chi connectivity index (χ1v) is 6.37. The summed E-state index contributed by atoms with van der Waals surface area (Å²) in [5.74, 6) is 1.24. The van der Waals surface area contributed by atoms with Gasteiger partial charge in [0.1, 0.15) is 0 Å². The van der Waals surface area contributed by atoms with Crippen molar-refractivity contribution in [1.82, 2.24) is 0 Å². The zero-order valence-electron chi connectivity index (χ0n) is 10.5. The van der Waals surface area contributed by atoms with Gasteiger partial charge in [0.15, 0.2) is 0 Å². The Kier molecular flexibility index (Phi) is 9.06. The van der Waals surface area contributed by atoms with E-state index in [1.165, 1.54) is 31.6 Å². The van der Waals surface area contributed by atoms with E-state index in [2.05, 4.69) is 30.7 Å². The summed E-state index contributed by atoms with van der Waals surface area (Å²) in [6, 6.07) is 0.611. The molecule has 3 aliphatic carbocycles. The first kappa shape index (κ1) is 16.2. The molecule has 2 heteroatoms. The van der Waals surface area contributed by atoms with E-state index in [1.54, 1.807) is 0 Å². The van der Waals surface area contributed by atoms with E-state index in [0.717, 1.165) is 0 Å². The van der Waals surface area contributed by atoms with Crippen molar-refractivity contribution in [3.63, 3.8) is 0 Å². The van der Waals surface area contributed by atoms with Gasteiger partial charge in [-0.05, 0) is 70.6 Å². The van der Waals surface area contributed by atoms with Crippen molar-refractivity contribution in [3.05, 3.63) is 63.7 Å². The maximum atomic E-state index is 4.54. The second-order valence-electron chi connectivity index (χ2n) is 4.40. The van der Waals surface area contributed by atoms with Crippen LogP contribution >= 0.6 is 0 Å². The molecule has 94 valence electrons. The molecule has 0 aromatic rings. The van der Waals surface area contributed by atoms with Gasteiger partial charge in [-0.3, -0.25) is 4.99 Å². The first-order chi connectivity index (χ1) is 8.45. The maximum Gasteiger partial charge on any atom is 2.00 e. The van der Waals surface area contributed by atoms with E-state index in [4.69, 9.17) is 0 Å². The van der Waals surface area contributed by atoms with E-state index in [0.29, 0.717) is 6.04 Å². The largest absolute Gasteiger partial charge is 2.00 e. The predicted molar refractivity (Wildman–Crippen MR) is 72.7 cm³/mol. The first-order valence-electron chi connectivity index (χ1n) is 6.37. The van der Waals surface area contributed by atoms with Crippen LogP contribution in [0.15, 0.2) is 4.99 Å². The Morgan fingerprint density at radius 1 is 0.833 bits per heavy atom. The van der Waals surface area contributed by atoms with Crippen LogP contribution in [-0.4, -0.2) is 12.3 Å². The summed E-state index contributed by atoms with van der Waals surface area (Å²) in [4.78, 5) is 4.54. The molecular formula is C16H19FeN+2. The van der Waals surface area contributed by atoms with Crippen molar-refractivity contribution in [2.24, 2.45) is 4.99 Å². The van der Waals surface area contributed by atoms with Gasteiger partial charge in [0, 0.05) is 18.2 Å². The van der Waals surface area contributed by atoms with Gasteiger partial charge in [-0.2, -0.15) is 0 Å². The molecule has 0 saturated heterocycles. The summed E-state index contributed by atoms with van der Waals surface area (Å²) in [6.45, 7) is 0. The van der Waals surface area contributed by atoms with Crippen LogP contribution in [0.4, 0.5) is 0 Å². The molecule has 0 N–H and O–H groups in total. The molecule has 3 saturated carbocycles. The van der Waals surface area contributed by atoms with Crippen LogP contribution in [0.25, 0.3) is 0 Å². The van der Waals surface area contributed by atoms with Crippen LogP contribution in [-0.2, 0) is 17.1 Å². The summed E-state index contributed by atoms with van der Waals surface area (Å²) in [5.41, 5.74) is 0. The van der Waals surface area contributed by atoms with Crippen molar-refractivity contribution in [1.29, 1.82) is 0 Å². The molecule has 0 aliphatic heterocycles. The van der Waals surface area contributed by atoms with E-state index in [-0.39, 0.29) is 17.1 Å². The standard InChI is InChI=1S/C11H14N.C5H5.Fe/c1-2-6-10(5-1)9-12-11-7-3-4-8-11;1-2-4-5-3-1;/h1-2,5-6,9,11H,3-4,7-8H2;1-5H;/q;;+2. The van der Waals surface area contributed by atoms with E-state index in [1.807, 2.05) is 38.3 Å². The van der Waals surface area contributed by atoms with E-state index >= 15 is 0 Å². The third-order valence-corrected chi connectivity index (χ3v) is 3.00. The number of hydrogen-bond donors (Lipinski definition) is 0. The molecule has 18 heavy (non-hydrogen) atoms. The predicted octanol–water partition coefficient (Wildman–Crippen LogP) is 3.42. The molecule has 3 aliphatic rings. The molecule has 0 amide bonds. The third-order valence-electron chi connectivity index (χ3n) is 3.00. The van der Waals surface area contributed by atoms with Crippen molar-refractivity contribution in [3.8, 4) is 0 Å². The van der Waals surface area contributed by atoms with Crippen LogP contribution in [0.5, 0.6) is 0 Å². The van der Waals surface area contributed by atoms with Crippen molar-refractivity contribution < 1.29 is 17.1 Å². The summed E-state index contributed by atoms with van der Waals surface area (Å²) < 4.78 is 0. The Morgan fingerprint density at radius 2 is 1.33 bits per heavy atom. The molecule has 0 aromatic heterocycles. The second kappa shape index (κ2) is 10.0. The smallest absolute Gasteiger partial charge is 0.294 e. The Hall–Kier alpha value is 0.189.